The van der Waals surface area contributed by atoms with Crippen LogP contribution in [0.4, 0.5) is 4.39 Å². The first-order valence-electron chi connectivity index (χ1n) is 7.72. The summed E-state index contributed by atoms with van der Waals surface area (Å²) in [6, 6.07) is 13.2. The Bertz CT molecular complexity index is 789. The summed E-state index contributed by atoms with van der Waals surface area (Å²) >= 11 is 0. The number of hydrogen-bond donors (Lipinski definition) is 2. The first kappa shape index (κ1) is 18.6. The normalized spacial score (nSPS) is 14.3. The number of aliphatic hydroxyl groups is 1. The zero-order valence-electron chi connectivity index (χ0n) is 13.8. The highest BCUT2D eigenvalue weighted by Crippen LogP contribution is 2.18. The van der Waals surface area contributed by atoms with Crippen LogP contribution in [-0.4, -0.2) is 25.7 Å². The summed E-state index contributed by atoms with van der Waals surface area (Å²) in [4.78, 5) is 0.0164. The van der Waals surface area contributed by atoms with Crippen molar-refractivity contribution in [1.82, 2.24) is 4.72 Å². The molecule has 2 N–H and O–H groups in total. The van der Waals surface area contributed by atoms with Crippen molar-refractivity contribution < 1.29 is 17.9 Å². The minimum atomic E-state index is -3.80. The molecule has 0 radical (unpaired) electrons. The number of rotatable bonds is 7. The average Bonchev–Trinajstić information content (AvgIpc) is 2.52. The van der Waals surface area contributed by atoms with Gasteiger partial charge in [0.05, 0.1) is 10.5 Å². The molecule has 0 bridgehead atoms. The van der Waals surface area contributed by atoms with E-state index in [2.05, 4.69) is 4.72 Å². The van der Waals surface area contributed by atoms with Crippen molar-refractivity contribution in [1.29, 1.82) is 0 Å². The topological polar surface area (TPSA) is 66.4 Å². The predicted molar refractivity (Wildman–Crippen MR) is 91.7 cm³/mol. The number of sulfonamides is 1. The van der Waals surface area contributed by atoms with Gasteiger partial charge in [-0.25, -0.2) is 17.5 Å². The van der Waals surface area contributed by atoms with Gasteiger partial charge >= 0.3 is 0 Å². The van der Waals surface area contributed by atoms with Crippen molar-refractivity contribution in [2.75, 3.05) is 6.54 Å². The van der Waals surface area contributed by atoms with Gasteiger partial charge in [0.15, 0.2) is 0 Å². The van der Waals surface area contributed by atoms with Crippen molar-refractivity contribution in [3.05, 3.63) is 65.5 Å². The molecule has 2 aromatic rings. The van der Waals surface area contributed by atoms with Crippen LogP contribution in [-0.2, 0) is 16.4 Å². The molecular weight excluding hydrogens is 329 g/mol. The second kappa shape index (κ2) is 7.42. The van der Waals surface area contributed by atoms with Crippen LogP contribution >= 0.6 is 0 Å². The third-order valence-electron chi connectivity index (χ3n) is 3.86. The molecule has 0 amide bonds. The monoisotopic (exact) mass is 351 g/mol. The Hall–Kier alpha value is -1.76. The van der Waals surface area contributed by atoms with Gasteiger partial charge < -0.3 is 5.11 Å². The van der Waals surface area contributed by atoms with Crippen LogP contribution < -0.4 is 4.72 Å². The Labute approximate surface area is 142 Å². The van der Waals surface area contributed by atoms with Crippen LogP contribution in [0.1, 0.15) is 24.5 Å². The Kier molecular flexibility index (Phi) is 5.74. The summed E-state index contributed by atoms with van der Waals surface area (Å²) in [5, 5.41) is 10.4. The van der Waals surface area contributed by atoms with E-state index in [-0.39, 0.29) is 11.4 Å². The number of aryl methyl sites for hydroxylation is 2. The van der Waals surface area contributed by atoms with Gasteiger partial charge in [0.1, 0.15) is 5.82 Å². The quantitative estimate of drug-likeness (QED) is 0.806. The minimum Gasteiger partial charge on any atom is -0.389 e. The molecule has 24 heavy (non-hydrogen) atoms. The van der Waals surface area contributed by atoms with Gasteiger partial charge in [0.2, 0.25) is 10.0 Å². The summed E-state index contributed by atoms with van der Waals surface area (Å²) in [7, 11) is -3.80. The lowest BCUT2D eigenvalue weighted by Gasteiger charge is -2.24. The van der Waals surface area contributed by atoms with E-state index < -0.39 is 21.4 Å². The molecule has 6 heteroatoms. The van der Waals surface area contributed by atoms with Gasteiger partial charge in [-0.2, -0.15) is 0 Å². The molecule has 0 spiro atoms. The fourth-order valence-electron chi connectivity index (χ4n) is 2.39. The van der Waals surface area contributed by atoms with E-state index in [1.807, 2.05) is 30.3 Å². The standard InChI is InChI=1S/C18H22FNO3S/c1-14-12-16(19)8-9-17(14)24(22,23)20-13-18(2,21)11-10-15-6-4-3-5-7-15/h3-9,12,20-21H,10-11,13H2,1-2H3. The first-order chi connectivity index (χ1) is 11.2. The van der Waals surface area contributed by atoms with Crippen molar-refractivity contribution in [2.45, 2.75) is 37.2 Å². The highest BCUT2D eigenvalue weighted by molar-refractivity contribution is 7.89. The SMILES string of the molecule is Cc1cc(F)ccc1S(=O)(=O)NCC(C)(O)CCc1ccccc1. The first-order valence-corrected chi connectivity index (χ1v) is 9.20. The second-order valence-electron chi connectivity index (χ2n) is 6.22. The van der Waals surface area contributed by atoms with Crippen molar-refractivity contribution in [3.8, 4) is 0 Å². The number of benzene rings is 2. The second-order valence-corrected chi connectivity index (χ2v) is 7.95. The summed E-state index contributed by atoms with van der Waals surface area (Å²) < 4.78 is 40.2. The lowest BCUT2D eigenvalue weighted by atomic mass is 9.97. The Balaban J connectivity index is 1.99. The molecule has 130 valence electrons. The van der Waals surface area contributed by atoms with E-state index in [9.17, 15) is 17.9 Å². The molecule has 0 aromatic heterocycles. The van der Waals surface area contributed by atoms with Crippen LogP contribution in [0.25, 0.3) is 0 Å². The van der Waals surface area contributed by atoms with E-state index in [4.69, 9.17) is 0 Å². The minimum absolute atomic E-state index is 0.0164. The van der Waals surface area contributed by atoms with Gasteiger partial charge in [-0.15, -0.1) is 0 Å². The summed E-state index contributed by atoms with van der Waals surface area (Å²) in [5.74, 6) is -0.485. The Morgan fingerprint density at radius 2 is 1.83 bits per heavy atom. The van der Waals surface area contributed by atoms with Crippen LogP contribution in [0.2, 0.25) is 0 Å². The molecule has 0 aliphatic carbocycles. The van der Waals surface area contributed by atoms with Crippen molar-refractivity contribution in [3.63, 3.8) is 0 Å². The van der Waals surface area contributed by atoms with E-state index in [0.29, 0.717) is 18.4 Å². The molecule has 0 saturated carbocycles. The van der Waals surface area contributed by atoms with Crippen molar-refractivity contribution >= 4 is 10.0 Å². The Morgan fingerprint density at radius 3 is 2.46 bits per heavy atom. The van der Waals surface area contributed by atoms with E-state index in [0.717, 1.165) is 11.6 Å². The number of hydrogen-bond acceptors (Lipinski definition) is 3. The molecule has 2 aromatic carbocycles. The van der Waals surface area contributed by atoms with Crippen LogP contribution in [0.5, 0.6) is 0 Å². The zero-order valence-corrected chi connectivity index (χ0v) is 14.6. The molecule has 0 fully saturated rings. The van der Waals surface area contributed by atoms with Gasteiger partial charge in [-0.1, -0.05) is 30.3 Å². The third kappa shape index (κ3) is 5.12. The summed E-state index contributed by atoms with van der Waals surface area (Å²) in [5.41, 5.74) is 0.220. The lowest BCUT2D eigenvalue weighted by molar-refractivity contribution is 0.0565. The largest absolute Gasteiger partial charge is 0.389 e. The van der Waals surface area contributed by atoms with E-state index >= 15 is 0 Å². The summed E-state index contributed by atoms with van der Waals surface area (Å²) in [6.45, 7) is 3.01. The van der Waals surface area contributed by atoms with Crippen LogP contribution in [0.15, 0.2) is 53.4 Å². The Morgan fingerprint density at radius 1 is 1.17 bits per heavy atom. The predicted octanol–water partition coefficient (Wildman–Crippen LogP) is 2.80. The average molecular weight is 351 g/mol. The smallest absolute Gasteiger partial charge is 0.240 e. The molecule has 4 nitrogen and oxygen atoms in total. The third-order valence-corrected chi connectivity index (χ3v) is 5.43. The van der Waals surface area contributed by atoms with Gasteiger partial charge in [0.25, 0.3) is 0 Å². The van der Waals surface area contributed by atoms with Gasteiger partial charge in [-0.05, 0) is 56.0 Å². The summed E-state index contributed by atoms with van der Waals surface area (Å²) in [6.07, 6.45) is 1.06. The lowest BCUT2D eigenvalue weighted by Crippen LogP contribution is -2.41. The van der Waals surface area contributed by atoms with Crippen LogP contribution in [0.3, 0.4) is 0 Å². The highest BCUT2D eigenvalue weighted by atomic mass is 32.2. The molecule has 0 aliphatic heterocycles. The zero-order chi connectivity index (χ0) is 17.8. The maximum Gasteiger partial charge on any atom is 0.240 e. The maximum absolute atomic E-state index is 13.1. The van der Waals surface area contributed by atoms with Crippen molar-refractivity contribution in [2.24, 2.45) is 0 Å². The van der Waals surface area contributed by atoms with Gasteiger partial charge in [0, 0.05) is 6.54 Å². The number of nitrogens with one attached hydrogen (secondary N) is 1. The fourth-order valence-corrected chi connectivity index (χ4v) is 3.78. The molecule has 0 heterocycles. The molecular formula is C18H22FNO3S. The maximum atomic E-state index is 13.1. The molecule has 0 aliphatic rings. The fraction of sp³-hybridized carbons (Fsp3) is 0.333. The van der Waals surface area contributed by atoms with E-state index in [1.165, 1.54) is 19.1 Å². The molecule has 0 saturated heterocycles. The molecule has 1 atom stereocenters. The molecule has 1 unspecified atom stereocenters. The number of halogens is 1. The van der Waals surface area contributed by atoms with Gasteiger partial charge in [-0.3, -0.25) is 0 Å². The molecule has 2 rings (SSSR count). The highest BCUT2D eigenvalue weighted by Gasteiger charge is 2.25. The van der Waals surface area contributed by atoms with E-state index in [1.54, 1.807) is 6.92 Å². The van der Waals surface area contributed by atoms with Crippen LogP contribution in [0, 0.1) is 12.7 Å².